The molecule has 4 nitrogen and oxygen atoms in total. The summed E-state index contributed by atoms with van der Waals surface area (Å²) in [5.74, 6) is 0. The molecule has 15 heavy (non-hydrogen) atoms. The monoisotopic (exact) mass is 211 g/mol. The zero-order valence-electron chi connectivity index (χ0n) is 9.01. The molecule has 84 valence electrons. The largest absolute Gasteiger partial charge is 0.394 e. The Bertz CT molecular complexity index is 300. The number of ether oxygens (including phenoxy) is 2. The molecular formula is C11H17NO3. The number of benzene rings is 1. The van der Waals surface area contributed by atoms with Crippen LogP contribution in [0.5, 0.6) is 0 Å². The molecule has 0 aliphatic heterocycles. The van der Waals surface area contributed by atoms with Gasteiger partial charge in [0, 0.05) is 19.8 Å². The minimum atomic E-state index is -0.393. The van der Waals surface area contributed by atoms with Crippen LogP contribution in [0, 0.1) is 0 Å². The summed E-state index contributed by atoms with van der Waals surface area (Å²) < 4.78 is 10.3. The highest BCUT2D eigenvalue weighted by atomic mass is 16.7. The van der Waals surface area contributed by atoms with Gasteiger partial charge in [0.15, 0.2) is 6.29 Å². The molecular weight excluding hydrogens is 194 g/mol. The summed E-state index contributed by atoms with van der Waals surface area (Å²) in [7, 11) is 3.15. The maximum absolute atomic E-state index is 8.94. The zero-order chi connectivity index (χ0) is 11.3. The van der Waals surface area contributed by atoms with Gasteiger partial charge in [-0.05, 0) is 11.6 Å². The third-order valence-electron chi connectivity index (χ3n) is 2.24. The molecule has 0 spiro atoms. The Morgan fingerprint density at radius 3 is 2.40 bits per heavy atom. The van der Waals surface area contributed by atoms with Crippen LogP contribution in [-0.4, -0.2) is 25.9 Å². The van der Waals surface area contributed by atoms with E-state index >= 15 is 0 Å². The molecule has 0 fully saturated rings. The van der Waals surface area contributed by atoms with E-state index in [0.29, 0.717) is 0 Å². The number of aliphatic hydroxyl groups excluding tert-OH is 1. The fraction of sp³-hybridized carbons (Fsp3) is 0.455. The minimum absolute atomic E-state index is 0.0753. The van der Waals surface area contributed by atoms with E-state index in [1.54, 1.807) is 14.2 Å². The lowest BCUT2D eigenvalue weighted by atomic mass is 10.0. The summed E-state index contributed by atoms with van der Waals surface area (Å²) in [4.78, 5) is 0. The number of nitrogens with two attached hydrogens (primary N) is 1. The highest BCUT2D eigenvalue weighted by Crippen LogP contribution is 2.20. The molecule has 0 bridgehead atoms. The lowest BCUT2D eigenvalue weighted by molar-refractivity contribution is -0.106. The molecule has 0 saturated carbocycles. The summed E-state index contributed by atoms with van der Waals surface area (Å²) in [6, 6.07) is 7.14. The predicted octanol–water partition coefficient (Wildman–Crippen LogP) is 0.970. The Balaban J connectivity index is 2.91. The maximum atomic E-state index is 8.94. The van der Waals surface area contributed by atoms with Crippen molar-refractivity contribution < 1.29 is 14.6 Å². The molecule has 0 aliphatic carbocycles. The van der Waals surface area contributed by atoms with E-state index in [0.717, 1.165) is 11.1 Å². The summed E-state index contributed by atoms with van der Waals surface area (Å²) in [5.41, 5.74) is 7.47. The summed E-state index contributed by atoms with van der Waals surface area (Å²) >= 11 is 0. The smallest absolute Gasteiger partial charge is 0.183 e. The molecule has 1 aromatic carbocycles. The molecule has 0 aromatic heterocycles. The molecule has 4 heteroatoms. The van der Waals surface area contributed by atoms with Gasteiger partial charge in [-0.25, -0.2) is 0 Å². The summed E-state index contributed by atoms with van der Waals surface area (Å²) in [6.45, 7) is -0.0753. The quantitative estimate of drug-likeness (QED) is 0.712. The molecule has 1 atom stereocenters. The Morgan fingerprint density at radius 2 is 1.87 bits per heavy atom. The first-order chi connectivity index (χ1) is 7.22. The predicted molar refractivity (Wildman–Crippen MR) is 57.2 cm³/mol. The van der Waals surface area contributed by atoms with Crippen LogP contribution >= 0.6 is 0 Å². The molecule has 3 N–H and O–H groups in total. The fourth-order valence-electron chi connectivity index (χ4n) is 1.41. The summed E-state index contributed by atoms with van der Waals surface area (Å²) in [6.07, 6.45) is -0.393. The number of aliphatic hydroxyl groups is 1. The molecule has 0 heterocycles. The van der Waals surface area contributed by atoms with Gasteiger partial charge in [0.05, 0.1) is 12.6 Å². The van der Waals surface area contributed by atoms with Crippen molar-refractivity contribution in [2.75, 3.05) is 20.8 Å². The van der Waals surface area contributed by atoms with E-state index in [-0.39, 0.29) is 12.6 Å². The van der Waals surface area contributed by atoms with E-state index in [2.05, 4.69) is 0 Å². The van der Waals surface area contributed by atoms with Gasteiger partial charge in [0.1, 0.15) is 0 Å². The van der Waals surface area contributed by atoms with Crippen molar-refractivity contribution in [3.05, 3.63) is 35.4 Å². The molecule has 1 aromatic rings. The lowest BCUT2D eigenvalue weighted by Gasteiger charge is -2.16. The van der Waals surface area contributed by atoms with Crippen LogP contribution in [-0.2, 0) is 9.47 Å². The molecule has 0 radical (unpaired) electrons. The fourth-order valence-corrected chi connectivity index (χ4v) is 1.41. The van der Waals surface area contributed by atoms with Crippen molar-refractivity contribution in [3.63, 3.8) is 0 Å². The van der Waals surface area contributed by atoms with Gasteiger partial charge >= 0.3 is 0 Å². The Morgan fingerprint density at radius 1 is 1.27 bits per heavy atom. The molecule has 0 aliphatic rings. The van der Waals surface area contributed by atoms with Crippen LogP contribution in [0.3, 0.4) is 0 Å². The van der Waals surface area contributed by atoms with Crippen molar-refractivity contribution in [1.82, 2.24) is 0 Å². The second kappa shape index (κ2) is 5.82. The topological polar surface area (TPSA) is 64.7 Å². The van der Waals surface area contributed by atoms with Gasteiger partial charge in [-0.2, -0.15) is 0 Å². The maximum Gasteiger partial charge on any atom is 0.183 e. The SMILES string of the molecule is COC(OC)c1cccc([C@@H](N)CO)c1. The van der Waals surface area contributed by atoms with E-state index < -0.39 is 6.29 Å². The number of methoxy groups -OCH3 is 2. The van der Waals surface area contributed by atoms with Crippen LogP contribution in [0.25, 0.3) is 0 Å². The van der Waals surface area contributed by atoms with Crippen LogP contribution < -0.4 is 5.73 Å². The minimum Gasteiger partial charge on any atom is -0.394 e. The first-order valence-corrected chi connectivity index (χ1v) is 4.74. The van der Waals surface area contributed by atoms with Crippen LogP contribution in [0.15, 0.2) is 24.3 Å². The van der Waals surface area contributed by atoms with Crippen molar-refractivity contribution in [1.29, 1.82) is 0 Å². The van der Waals surface area contributed by atoms with E-state index in [1.807, 2.05) is 24.3 Å². The average molecular weight is 211 g/mol. The zero-order valence-corrected chi connectivity index (χ0v) is 9.01. The highest BCUT2D eigenvalue weighted by Gasteiger charge is 2.11. The van der Waals surface area contributed by atoms with Gasteiger partial charge in [-0.15, -0.1) is 0 Å². The van der Waals surface area contributed by atoms with Crippen LogP contribution in [0.2, 0.25) is 0 Å². The molecule has 0 amide bonds. The van der Waals surface area contributed by atoms with Gasteiger partial charge in [-0.3, -0.25) is 0 Å². The normalized spacial score (nSPS) is 13.1. The van der Waals surface area contributed by atoms with Crippen LogP contribution in [0.4, 0.5) is 0 Å². The van der Waals surface area contributed by atoms with Crippen molar-refractivity contribution >= 4 is 0 Å². The third kappa shape index (κ3) is 3.00. The average Bonchev–Trinajstić information content (AvgIpc) is 2.30. The van der Waals surface area contributed by atoms with E-state index in [1.165, 1.54) is 0 Å². The third-order valence-corrected chi connectivity index (χ3v) is 2.24. The van der Waals surface area contributed by atoms with Crippen LogP contribution in [0.1, 0.15) is 23.5 Å². The van der Waals surface area contributed by atoms with Gasteiger partial charge in [-0.1, -0.05) is 18.2 Å². The number of hydrogen-bond donors (Lipinski definition) is 2. The van der Waals surface area contributed by atoms with E-state index in [9.17, 15) is 0 Å². The number of hydrogen-bond acceptors (Lipinski definition) is 4. The van der Waals surface area contributed by atoms with Gasteiger partial charge in [0.25, 0.3) is 0 Å². The second-order valence-corrected chi connectivity index (χ2v) is 3.26. The molecule has 1 rings (SSSR count). The second-order valence-electron chi connectivity index (χ2n) is 3.26. The van der Waals surface area contributed by atoms with Crippen molar-refractivity contribution in [2.45, 2.75) is 12.3 Å². The van der Waals surface area contributed by atoms with Crippen molar-refractivity contribution in [3.8, 4) is 0 Å². The summed E-state index contributed by atoms with van der Waals surface area (Å²) in [5, 5.41) is 8.94. The molecule has 0 saturated heterocycles. The molecule has 0 unspecified atom stereocenters. The highest BCUT2D eigenvalue weighted by molar-refractivity contribution is 5.26. The standard InChI is InChI=1S/C11H17NO3/c1-14-11(15-2)9-5-3-4-8(6-9)10(12)7-13/h3-6,10-11,13H,7,12H2,1-2H3/t10-/m0/s1. The van der Waals surface area contributed by atoms with Gasteiger partial charge < -0.3 is 20.3 Å². The lowest BCUT2D eigenvalue weighted by Crippen LogP contribution is -2.15. The van der Waals surface area contributed by atoms with Crippen molar-refractivity contribution in [2.24, 2.45) is 5.73 Å². The first kappa shape index (κ1) is 12.1. The Hall–Kier alpha value is -0.940. The number of rotatable bonds is 5. The first-order valence-electron chi connectivity index (χ1n) is 4.74. The Kier molecular flexibility index (Phi) is 4.71. The Labute approximate surface area is 89.6 Å². The van der Waals surface area contributed by atoms with E-state index in [4.69, 9.17) is 20.3 Å². The van der Waals surface area contributed by atoms with Gasteiger partial charge in [0.2, 0.25) is 0 Å².